The van der Waals surface area contributed by atoms with Crippen molar-refractivity contribution in [3.8, 4) is 0 Å². The van der Waals surface area contributed by atoms with Crippen molar-refractivity contribution in [2.75, 3.05) is 4.72 Å². The van der Waals surface area contributed by atoms with E-state index in [1.54, 1.807) is 11.9 Å². The van der Waals surface area contributed by atoms with Gasteiger partial charge in [-0.2, -0.15) is 0 Å². The molecule has 21 heavy (non-hydrogen) atoms. The third-order valence-electron chi connectivity index (χ3n) is 2.33. The lowest BCUT2D eigenvalue weighted by Crippen LogP contribution is -1.99. The summed E-state index contributed by atoms with van der Waals surface area (Å²) in [6.07, 6.45) is 4.33. The van der Waals surface area contributed by atoms with Gasteiger partial charge in [-0.1, -0.05) is 42.5 Å². The Kier molecular flexibility index (Phi) is 8.44. The average Bonchev–Trinajstić information content (AvgIpc) is 2.55. The maximum Gasteiger partial charge on any atom is 0.230 e. The van der Waals surface area contributed by atoms with Crippen LogP contribution >= 0.6 is 11.9 Å². The van der Waals surface area contributed by atoms with Crippen LogP contribution in [0.2, 0.25) is 0 Å². The Hall–Kier alpha value is -2.24. The fourth-order valence-electron chi connectivity index (χ4n) is 1.50. The first-order valence-corrected chi connectivity index (χ1v) is 7.15. The molecule has 0 atom stereocenters. The fraction of sp³-hybridized carbons (Fsp3) is 0.0625. The molecule has 0 aromatic heterocycles. The van der Waals surface area contributed by atoms with Crippen LogP contribution in [0.1, 0.15) is 12.5 Å². The number of hydrogen-bond donors (Lipinski definition) is 3. The van der Waals surface area contributed by atoms with Gasteiger partial charge < -0.3 is 4.72 Å². The first-order chi connectivity index (χ1) is 10.3. The summed E-state index contributed by atoms with van der Waals surface area (Å²) in [7, 11) is 0. The molecule has 0 heterocycles. The van der Waals surface area contributed by atoms with Crippen LogP contribution in [0.5, 0.6) is 0 Å². The summed E-state index contributed by atoms with van der Waals surface area (Å²) in [6.45, 7) is 2.03. The average molecular weight is 302 g/mol. The smallest absolute Gasteiger partial charge is 0.230 e. The van der Waals surface area contributed by atoms with Crippen molar-refractivity contribution in [3.63, 3.8) is 0 Å². The van der Waals surface area contributed by atoms with E-state index in [-0.39, 0.29) is 6.41 Å². The lowest BCUT2D eigenvalue weighted by Gasteiger charge is -2.05. The van der Waals surface area contributed by atoms with Gasteiger partial charge in [-0.25, -0.2) is 5.48 Å². The number of allylic oxidation sites excluding steroid dienone is 1. The highest BCUT2D eigenvalue weighted by Crippen LogP contribution is 2.22. The van der Waals surface area contributed by atoms with Gasteiger partial charge in [0.1, 0.15) is 0 Å². The first-order valence-electron chi connectivity index (χ1n) is 6.34. The van der Waals surface area contributed by atoms with Gasteiger partial charge in [0.15, 0.2) is 0 Å². The molecule has 4 nitrogen and oxygen atoms in total. The maximum absolute atomic E-state index is 8.81. The van der Waals surface area contributed by atoms with E-state index in [1.807, 2.05) is 25.1 Å². The second kappa shape index (κ2) is 10.5. The van der Waals surface area contributed by atoms with Crippen molar-refractivity contribution in [1.82, 2.24) is 5.48 Å². The minimum absolute atomic E-state index is 0.181. The Morgan fingerprint density at radius 2 is 1.81 bits per heavy atom. The van der Waals surface area contributed by atoms with Crippen molar-refractivity contribution >= 4 is 30.1 Å². The van der Waals surface area contributed by atoms with Gasteiger partial charge in [0, 0.05) is 10.6 Å². The molecule has 2 rings (SSSR count). The minimum atomic E-state index is 0.181. The van der Waals surface area contributed by atoms with E-state index < -0.39 is 0 Å². The van der Waals surface area contributed by atoms with E-state index in [4.69, 9.17) is 10.0 Å². The highest BCUT2D eigenvalue weighted by molar-refractivity contribution is 8.00. The Labute approximate surface area is 129 Å². The molecule has 0 radical (unpaired) electrons. The zero-order chi connectivity index (χ0) is 15.3. The number of nitrogens with one attached hydrogen (secondary N) is 2. The van der Waals surface area contributed by atoms with Crippen LogP contribution in [0.4, 0.5) is 5.69 Å². The second-order valence-corrected chi connectivity index (χ2v) is 4.77. The van der Waals surface area contributed by atoms with Crippen LogP contribution in [-0.4, -0.2) is 11.6 Å². The highest BCUT2D eigenvalue weighted by atomic mass is 32.2. The predicted molar refractivity (Wildman–Crippen MR) is 88.1 cm³/mol. The quantitative estimate of drug-likeness (QED) is 0.338. The van der Waals surface area contributed by atoms with Crippen LogP contribution in [0, 0.1) is 0 Å². The molecule has 5 heteroatoms. The molecule has 0 saturated carbocycles. The molecule has 0 unspecified atom stereocenters. The topological polar surface area (TPSA) is 61.4 Å². The number of benzene rings is 2. The fourth-order valence-corrected chi connectivity index (χ4v) is 2.21. The van der Waals surface area contributed by atoms with Gasteiger partial charge in [0.2, 0.25) is 6.41 Å². The van der Waals surface area contributed by atoms with Gasteiger partial charge in [0.25, 0.3) is 0 Å². The van der Waals surface area contributed by atoms with Crippen molar-refractivity contribution < 1.29 is 10.0 Å². The van der Waals surface area contributed by atoms with E-state index in [0.29, 0.717) is 0 Å². The number of carbonyl (C=O) groups excluding carboxylic acids is 1. The predicted octanol–water partition coefficient (Wildman–Crippen LogP) is 3.96. The van der Waals surface area contributed by atoms with Crippen LogP contribution < -0.4 is 10.2 Å². The molecule has 3 N–H and O–H groups in total. The van der Waals surface area contributed by atoms with Crippen molar-refractivity contribution in [2.45, 2.75) is 11.8 Å². The van der Waals surface area contributed by atoms with Gasteiger partial charge in [-0.15, -0.1) is 0 Å². The van der Waals surface area contributed by atoms with Crippen molar-refractivity contribution in [2.24, 2.45) is 0 Å². The van der Waals surface area contributed by atoms with E-state index >= 15 is 0 Å². The van der Waals surface area contributed by atoms with E-state index in [2.05, 4.69) is 53.3 Å². The van der Waals surface area contributed by atoms with Crippen molar-refractivity contribution in [3.05, 3.63) is 66.2 Å². The number of hydroxylamine groups is 1. The van der Waals surface area contributed by atoms with E-state index in [1.165, 1.54) is 15.9 Å². The van der Waals surface area contributed by atoms with Gasteiger partial charge in [-0.05, 0) is 48.7 Å². The van der Waals surface area contributed by atoms with Crippen LogP contribution in [0.3, 0.4) is 0 Å². The van der Waals surface area contributed by atoms with Crippen LogP contribution in [-0.2, 0) is 4.79 Å². The van der Waals surface area contributed by atoms with E-state index in [0.717, 1.165) is 5.69 Å². The second-order valence-electron chi connectivity index (χ2n) is 3.89. The van der Waals surface area contributed by atoms with Crippen molar-refractivity contribution in [1.29, 1.82) is 0 Å². The summed E-state index contributed by atoms with van der Waals surface area (Å²) in [4.78, 5) is 10.0. The maximum atomic E-state index is 8.81. The number of anilines is 1. The standard InChI is InChI=1S/C15H15NS.CH3NO2/c1-2-7-13-8-6-11-15(12-13)17-16-14-9-4-3-5-10-14;3-1-2-4/h2-12,16H,1H3;1,4H,(H,2,3)/b7-2+;. The number of amides is 1. The Balaban J connectivity index is 0.000000491. The van der Waals surface area contributed by atoms with Crippen LogP contribution in [0.25, 0.3) is 6.08 Å². The Morgan fingerprint density at radius 3 is 2.43 bits per heavy atom. The monoisotopic (exact) mass is 302 g/mol. The molecule has 1 amide bonds. The molecule has 0 aliphatic heterocycles. The molecular weight excluding hydrogens is 284 g/mol. The molecule has 0 aliphatic carbocycles. The Bertz CT molecular complexity index is 559. The zero-order valence-electron chi connectivity index (χ0n) is 11.7. The molecule has 0 spiro atoms. The molecule has 2 aromatic rings. The molecule has 0 saturated heterocycles. The zero-order valence-corrected chi connectivity index (χ0v) is 12.5. The summed E-state index contributed by atoms with van der Waals surface area (Å²) in [6, 6.07) is 18.6. The third-order valence-corrected chi connectivity index (χ3v) is 3.16. The number of carbonyl (C=O) groups is 1. The normalized spacial score (nSPS) is 9.62. The summed E-state index contributed by atoms with van der Waals surface area (Å²) in [5.41, 5.74) is 3.60. The van der Waals surface area contributed by atoms with E-state index in [9.17, 15) is 0 Å². The molecular formula is C16H18N2O2S. The summed E-state index contributed by atoms with van der Waals surface area (Å²) in [5.74, 6) is 0. The summed E-state index contributed by atoms with van der Waals surface area (Å²) in [5, 5.41) is 7.26. The number of para-hydroxylation sites is 1. The lowest BCUT2D eigenvalue weighted by atomic mass is 10.2. The molecule has 2 aromatic carbocycles. The summed E-state index contributed by atoms with van der Waals surface area (Å²) < 4.78 is 3.32. The minimum Gasteiger partial charge on any atom is -0.326 e. The van der Waals surface area contributed by atoms with Gasteiger partial charge in [0.05, 0.1) is 0 Å². The molecule has 0 aliphatic rings. The Morgan fingerprint density at radius 1 is 1.10 bits per heavy atom. The number of rotatable bonds is 5. The summed E-state index contributed by atoms with van der Waals surface area (Å²) >= 11 is 1.63. The molecule has 0 fully saturated rings. The molecule has 0 bridgehead atoms. The molecule has 110 valence electrons. The lowest BCUT2D eigenvalue weighted by molar-refractivity contribution is -0.116. The van der Waals surface area contributed by atoms with Crippen LogP contribution in [0.15, 0.2) is 65.6 Å². The van der Waals surface area contributed by atoms with Gasteiger partial charge >= 0.3 is 0 Å². The highest BCUT2D eigenvalue weighted by Gasteiger charge is 1.95. The SMILES string of the molecule is C/C=C/c1cccc(SNc2ccccc2)c1.O=CNO. The van der Waals surface area contributed by atoms with Gasteiger partial charge in [-0.3, -0.25) is 10.0 Å². The largest absolute Gasteiger partial charge is 0.326 e. The number of hydrogen-bond acceptors (Lipinski definition) is 4. The first kappa shape index (κ1) is 16.8. The third kappa shape index (κ3) is 7.20.